The Balaban J connectivity index is 3.17. The fourth-order valence-corrected chi connectivity index (χ4v) is 1.14. The third kappa shape index (κ3) is 7.91. The SMILES string of the molecule is CN(C)CCCC(=S)CCN. The molecule has 0 saturated heterocycles. The molecule has 0 aliphatic carbocycles. The standard InChI is InChI=1S/C8H18N2S/c1-10(2)7-3-4-8(11)5-6-9/h3-7,9H2,1-2H3. The number of nitrogens with two attached hydrogens (primary N) is 1. The summed E-state index contributed by atoms with van der Waals surface area (Å²) in [7, 11) is 4.15. The van der Waals surface area contributed by atoms with Gasteiger partial charge < -0.3 is 10.6 Å². The second-order valence-electron chi connectivity index (χ2n) is 2.98. The average molecular weight is 174 g/mol. The van der Waals surface area contributed by atoms with E-state index in [0.29, 0.717) is 6.54 Å². The molecule has 0 aromatic carbocycles. The highest BCUT2D eigenvalue weighted by Gasteiger charge is 1.95. The maximum atomic E-state index is 5.36. The number of thiocarbonyl (C=S) groups is 1. The fraction of sp³-hybridized carbons (Fsp3) is 0.875. The summed E-state index contributed by atoms with van der Waals surface area (Å²) in [6.45, 7) is 1.81. The van der Waals surface area contributed by atoms with Gasteiger partial charge >= 0.3 is 0 Å². The van der Waals surface area contributed by atoms with E-state index in [-0.39, 0.29) is 0 Å². The molecule has 0 bridgehead atoms. The molecule has 0 atom stereocenters. The Morgan fingerprint density at radius 3 is 2.45 bits per heavy atom. The molecular formula is C8H18N2S. The fourth-order valence-electron chi connectivity index (χ4n) is 0.878. The summed E-state index contributed by atoms with van der Waals surface area (Å²) in [5.41, 5.74) is 5.36. The van der Waals surface area contributed by atoms with E-state index in [4.69, 9.17) is 18.0 Å². The first-order valence-electron chi connectivity index (χ1n) is 4.03. The van der Waals surface area contributed by atoms with E-state index in [9.17, 15) is 0 Å². The van der Waals surface area contributed by atoms with Gasteiger partial charge in [-0.25, -0.2) is 0 Å². The summed E-state index contributed by atoms with van der Waals surface area (Å²) < 4.78 is 0. The van der Waals surface area contributed by atoms with Crippen molar-refractivity contribution in [1.29, 1.82) is 0 Å². The van der Waals surface area contributed by atoms with Crippen molar-refractivity contribution in [1.82, 2.24) is 4.90 Å². The minimum atomic E-state index is 0.695. The van der Waals surface area contributed by atoms with Crippen molar-refractivity contribution >= 4 is 17.1 Å². The van der Waals surface area contributed by atoms with E-state index in [1.54, 1.807) is 0 Å². The number of nitrogens with zero attached hydrogens (tertiary/aromatic N) is 1. The molecule has 2 N–H and O–H groups in total. The summed E-state index contributed by atoms with van der Waals surface area (Å²) in [6, 6.07) is 0. The van der Waals surface area contributed by atoms with Crippen molar-refractivity contribution < 1.29 is 0 Å². The quantitative estimate of drug-likeness (QED) is 0.610. The van der Waals surface area contributed by atoms with Crippen LogP contribution in [0.1, 0.15) is 19.3 Å². The van der Waals surface area contributed by atoms with Crippen LogP contribution in [0.2, 0.25) is 0 Å². The van der Waals surface area contributed by atoms with Gasteiger partial charge in [-0.15, -0.1) is 0 Å². The van der Waals surface area contributed by atoms with Crippen LogP contribution in [0.5, 0.6) is 0 Å². The van der Waals surface area contributed by atoms with Crippen LogP contribution in [0, 0.1) is 0 Å². The lowest BCUT2D eigenvalue weighted by Gasteiger charge is -2.08. The molecule has 2 nitrogen and oxygen atoms in total. The lowest BCUT2D eigenvalue weighted by molar-refractivity contribution is 0.404. The highest BCUT2D eigenvalue weighted by Crippen LogP contribution is 1.97. The molecular weight excluding hydrogens is 156 g/mol. The van der Waals surface area contributed by atoms with Crippen LogP contribution in [0.15, 0.2) is 0 Å². The van der Waals surface area contributed by atoms with Crippen molar-refractivity contribution in [3.63, 3.8) is 0 Å². The number of hydrogen-bond acceptors (Lipinski definition) is 3. The van der Waals surface area contributed by atoms with Gasteiger partial charge in [-0.3, -0.25) is 0 Å². The average Bonchev–Trinajstić information content (AvgIpc) is 1.87. The van der Waals surface area contributed by atoms with Crippen LogP contribution >= 0.6 is 12.2 Å². The van der Waals surface area contributed by atoms with Crippen LogP contribution in [0.4, 0.5) is 0 Å². The maximum Gasteiger partial charge on any atom is -0.00215 e. The lowest BCUT2D eigenvalue weighted by atomic mass is 10.2. The topological polar surface area (TPSA) is 29.3 Å². The Labute approximate surface area is 74.8 Å². The van der Waals surface area contributed by atoms with E-state index in [1.807, 2.05) is 0 Å². The molecule has 0 radical (unpaired) electrons. The number of hydrogen-bond donors (Lipinski definition) is 1. The van der Waals surface area contributed by atoms with Crippen LogP contribution in [0.3, 0.4) is 0 Å². The van der Waals surface area contributed by atoms with Gasteiger partial charge in [-0.05, 0) is 51.3 Å². The Hall–Kier alpha value is 0.01000. The smallest absolute Gasteiger partial charge is 0.00215 e. The molecule has 0 aromatic heterocycles. The third-order valence-electron chi connectivity index (χ3n) is 1.48. The maximum absolute atomic E-state index is 5.36. The molecule has 0 spiro atoms. The zero-order valence-corrected chi connectivity index (χ0v) is 8.28. The minimum absolute atomic E-state index is 0.695. The van der Waals surface area contributed by atoms with Gasteiger partial charge in [-0.2, -0.15) is 0 Å². The summed E-state index contributed by atoms with van der Waals surface area (Å²) >= 11 is 5.11. The summed E-state index contributed by atoms with van der Waals surface area (Å²) in [4.78, 5) is 3.29. The summed E-state index contributed by atoms with van der Waals surface area (Å²) in [6.07, 6.45) is 3.11. The second kappa shape index (κ2) is 6.70. The van der Waals surface area contributed by atoms with Crippen molar-refractivity contribution in [3.8, 4) is 0 Å². The van der Waals surface area contributed by atoms with E-state index in [1.165, 1.54) is 0 Å². The molecule has 0 aliphatic heterocycles. The minimum Gasteiger partial charge on any atom is -0.330 e. The van der Waals surface area contributed by atoms with Crippen molar-refractivity contribution in [3.05, 3.63) is 0 Å². The lowest BCUT2D eigenvalue weighted by Crippen LogP contribution is -2.14. The van der Waals surface area contributed by atoms with Gasteiger partial charge in [0, 0.05) is 0 Å². The molecule has 0 unspecified atom stereocenters. The van der Waals surface area contributed by atoms with E-state index in [2.05, 4.69) is 19.0 Å². The first kappa shape index (κ1) is 11.0. The van der Waals surface area contributed by atoms with Crippen LogP contribution in [-0.2, 0) is 0 Å². The van der Waals surface area contributed by atoms with Crippen LogP contribution in [-0.4, -0.2) is 36.9 Å². The monoisotopic (exact) mass is 174 g/mol. The van der Waals surface area contributed by atoms with Crippen molar-refractivity contribution in [2.75, 3.05) is 27.2 Å². The largest absolute Gasteiger partial charge is 0.330 e. The van der Waals surface area contributed by atoms with Gasteiger partial charge in [0.1, 0.15) is 0 Å². The molecule has 0 saturated carbocycles. The zero-order chi connectivity index (χ0) is 8.69. The molecule has 0 aliphatic rings. The summed E-state index contributed by atoms with van der Waals surface area (Å²) in [5.74, 6) is 0. The van der Waals surface area contributed by atoms with Crippen LogP contribution < -0.4 is 5.73 Å². The van der Waals surface area contributed by atoms with Gasteiger partial charge in [0.15, 0.2) is 0 Å². The Morgan fingerprint density at radius 1 is 1.36 bits per heavy atom. The van der Waals surface area contributed by atoms with E-state index < -0.39 is 0 Å². The highest BCUT2D eigenvalue weighted by atomic mass is 32.1. The molecule has 0 amide bonds. The van der Waals surface area contributed by atoms with Gasteiger partial charge in [-0.1, -0.05) is 12.2 Å². The van der Waals surface area contributed by atoms with Crippen molar-refractivity contribution in [2.24, 2.45) is 5.73 Å². The van der Waals surface area contributed by atoms with Crippen LogP contribution in [0.25, 0.3) is 0 Å². The molecule has 0 fully saturated rings. The predicted molar refractivity (Wildman–Crippen MR) is 54.1 cm³/mol. The first-order valence-corrected chi connectivity index (χ1v) is 4.44. The Kier molecular flexibility index (Phi) is 6.71. The Morgan fingerprint density at radius 2 is 2.00 bits per heavy atom. The molecule has 11 heavy (non-hydrogen) atoms. The number of rotatable bonds is 6. The molecule has 0 heterocycles. The van der Waals surface area contributed by atoms with E-state index >= 15 is 0 Å². The predicted octanol–water partition coefficient (Wildman–Crippen LogP) is 1.05. The molecule has 3 heteroatoms. The van der Waals surface area contributed by atoms with Gasteiger partial charge in [0.2, 0.25) is 0 Å². The first-order chi connectivity index (χ1) is 5.16. The van der Waals surface area contributed by atoms with E-state index in [0.717, 1.165) is 30.7 Å². The van der Waals surface area contributed by atoms with Crippen molar-refractivity contribution in [2.45, 2.75) is 19.3 Å². The van der Waals surface area contributed by atoms with Gasteiger partial charge in [0.25, 0.3) is 0 Å². The zero-order valence-electron chi connectivity index (χ0n) is 7.47. The second-order valence-corrected chi connectivity index (χ2v) is 3.56. The molecule has 66 valence electrons. The highest BCUT2D eigenvalue weighted by molar-refractivity contribution is 7.80. The molecule has 0 aromatic rings. The van der Waals surface area contributed by atoms with Gasteiger partial charge in [0.05, 0.1) is 0 Å². The molecule has 0 rings (SSSR count). The summed E-state index contributed by atoms with van der Waals surface area (Å²) in [5, 5.41) is 0. The third-order valence-corrected chi connectivity index (χ3v) is 1.89. The Bertz CT molecular complexity index is 113. The normalized spacial score (nSPS) is 10.5.